The number of benzene rings is 2. The van der Waals surface area contributed by atoms with Gasteiger partial charge in [0.2, 0.25) is 0 Å². The van der Waals surface area contributed by atoms with Crippen molar-refractivity contribution in [3.05, 3.63) is 101 Å². The molecule has 2 aromatic carbocycles. The Labute approximate surface area is 143 Å². The van der Waals surface area contributed by atoms with E-state index in [0.29, 0.717) is 0 Å². The van der Waals surface area contributed by atoms with Crippen molar-refractivity contribution in [2.45, 2.75) is 26.8 Å². The Hall–Kier alpha value is -2.74. The Morgan fingerprint density at radius 3 is 1.83 bits per heavy atom. The number of nitrogens with zero attached hydrogens (tertiary/aromatic N) is 2. The van der Waals surface area contributed by atoms with Crippen LogP contribution in [-0.2, 0) is 0 Å². The maximum absolute atomic E-state index is 5.06. The number of hydrogen-bond donors (Lipinski definition) is 0. The number of hydrogen-bond acceptors (Lipinski definition) is 2. The van der Waals surface area contributed by atoms with Gasteiger partial charge in [-0.3, -0.25) is 9.98 Å². The molecule has 0 saturated heterocycles. The molecule has 0 aliphatic carbocycles. The molecule has 0 bridgehead atoms. The number of aromatic nitrogens is 1. The Balaban J connectivity index is 2.13. The summed E-state index contributed by atoms with van der Waals surface area (Å²) in [6.07, 6.45) is 1.81. The molecule has 0 spiro atoms. The number of aryl methyl sites for hydroxylation is 2. The predicted molar refractivity (Wildman–Crippen MR) is 101 cm³/mol. The van der Waals surface area contributed by atoms with Gasteiger partial charge in [0, 0.05) is 6.20 Å². The van der Waals surface area contributed by atoms with E-state index in [2.05, 4.69) is 67.4 Å². The van der Waals surface area contributed by atoms with Gasteiger partial charge in [-0.05, 0) is 55.2 Å². The zero-order chi connectivity index (χ0) is 16.9. The second-order valence-corrected chi connectivity index (χ2v) is 6.05. The lowest BCUT2D eigenvalue weighted by molar-refractivity contribution is 0.852. The van der Waals surface area contributed by atoms with Crippen LogP contribution in [0.4, 0.5) is 0 Å². The van der Waals surface area contributed by atoms with Crippen LogP contribution >= 0.6 is 0 Å². The molecule has 2 nitrogen and oxygen atoms in total. The SMILES string of the molecule is CC(=NC(c1ccccc1C)c1ccccc1C)c1ccccn1. The van der Waals surface area contributed by atoms with Gasteiger partial charge in [0.1, 0.15) is 6.04 Å². The highest BCUT2D eigenvalue weighted by molar-refractivity contribution is 5.97. The van der Waals surface area contributed by atoms with Gasteiger partial charge in [0.15, 0.2) is 0 Å². The molecule has 0 N–H and O–H groups in total. The van der Waals surface area contributed by atoms with Crippen molar-refractivity contribution in [3.63, 3.8) is 0 Å². The summed E-state index contributed by atoms with van der Waals surface area (Å²) in [7, 11) is 0. The Morgan fingerprint density at radius 2 is 1.33 bits per heavy atom. The van der Waals surface area contributed by atoms with Gasteiger partial charge in [-0.2, -0.15) is 0 Å². The zero-order valence-corrected chi connectivity index (χ0v) is 14.4. The minimum Gasteiger partial charge on any atom is -0.275 e. The molecule has 0 amide bonds. The van der Waals surface area contributed by atoms with Crippen LogP contribution in [0.1, 0.15) is 40.9 Å². The lowest BCUT2D eigenvalue weighted by atomic mass is 9.92. The summed E-state index contributed by atoms with van der Waals surface area (Å²) in [5.74, 6) is 0. The molecule has 0 atom stereocenters. The van der Waals surface area contributed by atoms with Crippen molar-refractivity contribution in [2.75, 3.05) is 0 Å². The van der Waals surface area contributed by atoms with Gasteiger partial charge in [-0.25, -0.2) is 0 Å². The molecule has 0 saturated carbocycles. The van der Waals surface area contributed by atoms with E-state index in [9.17, 15) is 0 Å². The normalized spacial score (nSPS) is 11.8. The minimum atomic E-state index is -0.0191. The van der Waals surface area contributed by atoms with Crippen molar-refractivity contribution >= 4 is 5.71 Å². The third-order valence-electron chi connectivity index (χ3n) is 4.32. The van der Waals surface area contributed by atoms with E-state index in [1.54, 1.807) is 0 Å². The van der Waals surface area contributed by atoms with Crippen molar-refractivity contribution in [1.82, 2.24) is 4.98 Å². The standard InChI is InChI=1S/C22H22N2/c1-16-10-4-6-12-19(16)22(20-13-7-5-11-17(20)2)24-18(3)21-14-8-9-15-23-21/h4-15,22H,1-3H3. The molecule has 3 aromatic rings. The van der Waals surface area contributed by atoms with Crippen LogP contribution in [0.2, 0.25) is 0 Å². The molecule has 0 fully saturated rings. The average Bonchev–Trinajstić information content (AvgIpc) is 2.62. The molecular weight excluding hydrogens is 292 g/mol. The molecule has 120 valence electrons. The highest BCUT2D eigenvalue weighted by atomic mass is 14.8. The molecule has 0 unspecified atom stereocenters. The smallest absolute Gasteiger partial charge is 0.101 e. The highest BCUT2D eigenvalue weighted by Gasteiger charge is 2.17. The van der Waals surface area contributed by atoms with Crippen molar-refractivity contribution in [3.8, 4) is 0 Å². The van der Waals surface area contributed by atoms with Crippen molar-refractivity contribution in [1.29, 1.82) is 0 Å². The number of pyridine rings is 1. The van der Waals surface area contributed by atoms with Crippen molar-refractivity contribution in [2.24, 2.45) is 4.99 Å². The molecule has 2 heteroatoms. The van der Waals surface area contributed by atoms with Crippen LogP contribution in [0.25, 0.3) is 0 Å². The fraction of sp³-hybridized carbons (Fsp3) is 0.182. The van der Waals surface area contributed by atoms with Gasteiger partial charge in [-0.1, -0.05) is 54.6 Å². The molecule has 0 aliphatic rings. The second kappa shape index (κ2) is 7.22. The Kier molecular flexibility index (Phi) is 4.85. The lowest BCUT2D eigenvalue weighted by Gasteiger charge is -2.19. The van der Waals surface area contributed by atoms with E-state index >= 15 is 0 Å². The third-order valence-corrected chi connectivity index (χ3v) is 4.32. The monoisotopic (exact) mass is 314 g/mol. The molecule has 3 rings (SSSR count). The summed E-state index contributed by atoms with van der Waals surface area (Å²) in [6.45, 7) is 6.32. The zero-order valence-electron chi connectivity index (χ0n) is 14.4. The topological polar surface area (TPSA) is 25.2 Å². The van der Waals surface area contributed by atoms with E-state index in [-0.39, 0.29) is 6.04 Å². The Bertz CT molecular complexity index is 805. The van der Waals surface area contributed by atoms with Crippen LogP contribution < -0.4 is 0 Å². The first-order valence-corrected chi connectivity index (χ1v) is 8.23. The first-order valence-electron chi connectivity index (χ1n) is 8.23. The van der Waals surface area contributed by atoms with Crippen molar-refractivity contribution < 1.29 is 0 Å². The maximum Gasteiger partial charge on any atom is 0.101 e. The summed E-state index contributed by atoms with van der Waals surface area (Å²) in [5.41, 5.74) is 6.85. The summed E-state index contributed by atoms with van der Waals surface area (Å²) in [6, 6.07) is 22.8. The molecule has 1 heterocycles. The van der Waals surface area contributed by atoms with Gasteiger partial charge in [-0.15, -0.1) is 0 Å². The summed E-state index contributed by atoms with van der Waals surface area (Å²) >= 11 is 0. The van der Waals surface area contributed by atoms with Gasteiger partial charge in [0.25, 0.3) is 0 Å². The van der Waals surface area contributed by atoms with Crippen LogP contribution in [0, 0.1) is 13.8 Å². The van der Waals surface area contributed by atoms with Crippen LogP contribution in [-0.4, -0.2) is 10.7 Å². The Morgan fingerprint density at radius 1 is 0.792 bits per heavy atom. The predicted octanol–water partition coefficient (Wildman–Crippen LogP) is 5.30. The maximum atomic E-state index is 5.06. The average molecular weight is 314 g/mol. The molecule has 24 heavy (non-hydrogen) atoms. The lowest BCUT2D eigenvalue weighted by Crippen LogP contribution is -2.07. The summed E-state index contributed by atoms with van der Waals surface area (Å²) in [4.78, 5) is 9.50. The fourth-order valence-electron chi connectivity index (χ4n) is 2.93. The van der Waals surface area contributed by atoms with E-state index in [0.717, 1.165) is 11.4 Å². The quantitative estimate of drug-likeness (QED) is 0.600. The van der Waals surface area contributed by atoms with E-state index in [1.807, 2.05) is 31.3 Å². The van der Waals surface area contributed by atoms with Crippen LogP contribution in [0.15, 0.2) is 77.9 Å². The van der Waals surface area contributed by atoms with E-state index < -0.39 is 0 Å². The molecule has 1 aromatic heterocycles. The number of rotatable bonds is 4. The van der Waals surface area contributed by atoms with E-state index in [4.69, 9.17) is 4.99 Å². The molecule has 0 radical (unpaired) electrons. The molecular formula is C22H22N2. The summed E-state index contributed by atoms with van der Waals surface area (Å²) < 4.78 is 0. The van der Waals surface area contributed by atoms with Gasteiger partial charge in [0.05, 0.1) is 11.4 Å². The van der Waals surface area contributed by atoms with E-state index in [1.165, 1.54) is 22.3 Å². The first-order chi connectivity index (χ1) is 11.7. The second-order valence-electron chi connectivity index (χ2n) is 6.05. The van der Waals surface area contributed by atoms with Crippen LogP contribution in [0.5, 0.6) is 0 Å². The van der Waals surface area contributed by atoms with Crippen LogP contribution in [0.3, 0.4) is 0 Å². The number of aliphatic imine (C=N–C) groups is 1. The van der Waals surface area contributed by atoms with Gasteiger partial charge < -0.3 is 0 Å². The fourth-order valence-corrected chi connectivity index (χ4v) is 2.93. The minimum absolute atomic E-state index is 0.0191. The largest absolute Gasteiger partial charge is 0.275 e. The van der Waals surface area contributed by atoms with Gasteiger partial charge >= 0.3 is 0 Å². The highest BCUT2D eigenvalue weighted by Crippen LogP contribution is 2.31. The first kappa shape index (κ1) is 16.1. The molecule has 0 aliphatic heterocycles. The summed E-state index contributed by atoms with van der Waals surface area (Å²) in [5, 5.41) is 0. The third kappa shape index (κ3) is 3.43.